The molecule has 2 aliphatic heterocycles. The molecule has 3 heterocycles. The maximum atomic E-state index is 15.9. The van der Waals surface area contributed by atoms with E-state index in [2.05, 4.69) is 20.9 Å². The highest BCUT2D eigenvalue weighted by molar-refractivity contribution is 6.31. The predicted octanol–water partition coefficient (Wildman–Crippen LogP) is 5.02. The predicted molar refractivity (Wildman–Crippen MR) is 159 cm³/mol. The number of carbonyl (C=O) groups is 3. The van der Waals surface area contributed by atoms with Gasteiger partial charge in [-0.05, 0) is 47.7 Å². The Morgan fingerprint density at radius 1 is 1.19 bits per heavy atom. The largest absolute Gasteiger partial charge is 0.495 e. The van der Waals surface area contributed by atoms with Gasteiger partial charge in [-0.1, -0.05) is 56.1 Å². The second kappa shape index (κ2) is 10.8. The molecular weight excluding hydrogens is 584 g/mol. The van der Waals surface area contributed by atoms with Crippen LogP contribution in [-0.4, -0.2) is 41.9 Å². The first-order valence-electron chi connectivity index (χ1n) is 13.2. The average molecular weight is 615 g/mol. The van der Waals surface area contributed by atoms with E-state index < -0.39 is 47.0 Å². The van der Waals surface area contributed by atoms with Crippen molar-refractivity contribution in [3.63, 3.8) is 0 Å². The van der Waals surface area contributed by atoms with Gasteiger partial charge in [-0.25, -0.2) is 4.39 Å². The highest BCUT2D eigenvalue weighted by Gasteiger charge is 2.67. The summed E-state index contributed by atoms with van der Waals surface area (Å²) in [5.74, 6) is -3.27. The van der Waals surface area contributed by atoms with Crippen LogP contribution in [0.5, 0.6) is 5.75 Å². The van der Waals surface area contributed by atoms with E-state index in [4.69, 9.17) is 33.7 Å². The molecule has 1 saturated heterocycles. The second-order valence-corrected chi connectivity index (χ2v) is 12.6. The number of hydrogen-bond acceptors (Lipinski definition) is 6. The standard InChI is InChI=1S/C30H30Cl2FN5O4/c1-29(2,3)12-21-30(25-19(37-28(30)41)11-15(31)13-35-25)22(16-6-5-7-17(32)23(16)33)24(38-21)27(40)36-18-9-8-14(26(34)39)10-20(18)42-4/h5-11,13,21-22,24,38H,12H2,1-4H3,(H2,34,39)(H,36,40)(H,37,41). The van der Waals surface area contributed by atoms with Gasteiger partial charge in [0.15, 0.2) is 0 Å². The fourth-order valence-corrected chi connectivity index (χ4v) is 6.48. The summed E-state index contributed by atoms with van der Waals surface area (Å²) >= 11 is 12.5. The molecular formula is C30H30Cl2FN5O4. The van der Waals surface area contributed by atoms with Gasteiger partial charge in [0.05, 0.1) is 40.3 Å². The molecule has 1 aromatic heterocycles. The lowest BCUT2D eigenvalue weighted by Gasteiger charge is -2.37. The molecule has 0 aliphatic carbocycles. The Morgan fingerprint density at radius 2 is 1.93 bits per heavy atom. The maximum absolute atomic E-state index is 15.9. The van der Waals surface area contributed by atoms with Crippen LogP contribution in [0, 0.1) is 11.2 Å². The van der Waals surface area contributed by atoms with Gasteiger partial charge in [-0.15, -0.1) is 0 Å². The molecule has 5 N–H and O–H groups in total. The van der Waals surface area contributed by atoms with E-state index in [0.717, 1.165) is 0 Å². The van der Waals surface area contributed by atoms with Crippen molar-refractivity contribution < 1.29 is 23.5 Å². The lowest BCUT2D eigenvalue weighted by molar-refractivity contribution is -0.122. The van der Waals surface area contributed by atoms with Crippen molar-refractivity contribution >= 4 is 52.3 Å². The third-order valence-electron chi connectivity index (χ3n) is 7.78. The SMILES string of the molecule is COc1cc(C(N)=O)ccc1NC(=O)C1NC(CC(C)(C)C)C2(C(=O)Nc3cc(Cl)cnc32)C1c1cccc(Cl)c1F. The van der Waals surface area contributed by atoms with Gasteiger partial charge in [0.1, 0.15) is 17.0 Å². The number of rotatable bonds is 6. The summed E-state index contributed by atoms with van der Waals surface area (Å²) < 4.78 is 21.3. The minimum atomic E-state index is -1.50. The number of aromatic nitrogens is 1. The molecule has 4 unspecified atom stereocenters. The number of nitrogens with one attached hydrogen (secondary N) is 3. The number of benzene rings is 2. The summed E-state index contributed by atoms with van der Waals surface area (Å²) in [6, 6.07) is 8.68. The lowest BCUT2D eigenvalue weighted by atomic mass is 9.64. The van der Waals surface area contributed by atoms with Crippen LogP contribution in [0.15, 0.2) is 48.7 Å². The molecule has 1 spiro atoms. The first-order chi connectivity index (χ1) is 19.8. The van der Waals surface area contributed by atoms with E-state index in [1.165, 1.54) is 43.6 Å². The molecule has 0 saturated carbocycles. The van der Waals surface area contributed by atoms with Crippen LogP contribution >= 0.6 is 23.2 Å². The zero-order valence-electron chi connectivity index (χ0n) is 23.3. The molecule has 42 heavy (non-hydrogen) atoms. The molecule has 2 aromatic carbocycles. The first kappa shape index (κ1) is 29.8. The van der Waals surface area contributed by atoms with Crippen molar-refractivity contribution in [1.29, 1.82) is 0 Å². The quantitative estimate of drug-likeness (QED) is 0.308. The third kappa shape index (κ3) is 4.97. The Kier molecular flexibility index (Phi) is 7.67. The molecule has 3 aromatic rings. The van der Waals surface area contributed by atoms with Crippen molar-refractivity contribution in [2.24, 2.45) is 11.1 Å². The summed E-state index contributed by atoms with van der Waals surface area (Å²) in [6.45, 7) is 6.04. The lowest BCUT2D eigenvalue weighted by Crippen LogP contribution is -2.50. The van der Waals surface area contributed by atoms with E-state index in [0.29, 0.717) is 22.8 Å². The van der Waals surface area contributed by atoms with Gasteiger partial charge < -0.3 is 26.4 Å². The molecule has 220 valence electrons. The molecule has 0 bridgehead atoms. The molecule has 5 rings (SSSR count). The Balaban J connectivity index is 1.70. The Bertz CT molecular complexity index is 1610. The average Bonchev–Trinajstić information content (AvgIpc) is 3.39. The smallest absolute Gasteiger partial charge is 0.248 e. The second-order valence-electron chi connectivity index (χ2n) is 11.7. The van der Waals surface area contributed by atoms with Crippen LogP contribution < -0.4 is 26.4 Å². The minimum Gasteiger partial charge on any atom is -0.495 e. The topological polar surface area (TPSA) is 135 Å². The van der Waals surface area contributed by atoms with Gasteiger partial charge >= 0.3 is 0 Å². The zero-order valence-corrected chi connectivity index (χ0v) is 24.9. The van der Waals surface area contributed by atoms with Gasteiger partial charge in [0.25, 0.3) is 0 Å². The summed E-state index contributed by atoms with van der Waals surface area (Å²) in [4.78, 5) is 44.6. The summed E-state index contributed by atoms with van der Waals surface area (Å²) in [7, 11) is 1.39. The molecule has 1 fully saturated rings. The normalized spacial score (nSPS) is 23.0. The molecule has 4 atom stereocenters. The first-order valence-corrected chi connectivity index (χ1v) is 14.0. The van der Waals surface area contributed by atoms with Crippen LogP contribution in [0.3, 0.4) is 0 Å². The van der Waals surface area contributed by atoms with Crippen LogP contribution in [-0.2, 0) is 15.0 Å². The highest BCUT2D eigenvalue weighted by atomic mass is 35.5. The van der Waals surface area contributed by atoms with Crippen molar-refractivity contribution in [1.82, 2.24) is 10.3 Å². The number of primary amides is 1. The number of anilines is 2. The van der Waals surface area contributed by atoms with E-state index in [1.54, 1.807) is 12.1 Å². The molecule has 0 radical (unpaired) electrons. The monoisotopic (exact) mass is 613 g/mol. The number of ether oxygens (including phenoxy) is 1. The van der Waals surface area contributed by atoms with E-state index in [-0.39, 0.29) is 33.0 Å². The molecule has 3 amide bonds. The van der Waals surface area contributed by atoms with Gasteiger partial charge in [-0.2, -0.15) is 0 Å². The number of nitrogens with zero attached hydrogens (tertiary/aromatic N) is 1. The van der Waals surface area contributed by atoms with E-state index in [1.807, 2.05) is 20.8 Å². The summed E-state index contributed by atoms with van der Waals surface area (Å²) in [5.41, 5.74) is 4.88. The fourth-order valence-electron chi connectivity index (χ4n) is 6.14. The summed E-state index contributed by atoms with van der Waals surface area (Å²) in [5, 5.41) is 9.27. The Morgan fingerprint density at radius 3 is 2.60 bits per heavy atom. The number of pyridine rings is 1. The Hall–Kier alpha value is -3.73. The highest BCUT2D eigenvalue weighted by Crippen LogP contribution is 2.56. The number of nitrogens with two attached hydrogens (primary N) is 1. The minimum absolute atomic E-state index is 0.0855. The van der Waals surface area contributed by atoms with Crippen LogP contribution in [0.25, 0.3) is 0 Å². The third-order valence-corrected chi connectivity index (χ3v) is 8.28. The van der Waals surface area contributed by atoms with Gasteiger partial charge in [-0.3, -0.25) is 19.4 Å². The van der Waals surface area contributed by atoms with Crippen molar-refractivity contribution in [2.45, 2.75) is 50.6 Å². The van der Waals surface area contributed by atoms with Crippen LogP contribution in [0.1, 0.15) is 54.7 Å². The number of amides is 3. The number of hydrogen-bond donors (Lipinski definition) is 4. The zero-order chi connectivity index (χ0) is 30.6. The van der Waals surface area contributed by atoms with Crippen LogP contribution in [0.2, 0.25) is 10.0 Å². The number of halogens is 3. The molecule has 12 heteroatoms. The van der Waals surface area contributed by atoms with Crippen molar-refractivity contribution in [3.05, 3.63) is 81.3 Å². The number of fused-ring (bicyclic) bond motifs is 2. The Labute approximate surface area is 252 Å². The maximum Gasteiger partial charge on any atom is 0.248 e. The number of methoxy groups -OCH3 is 1. The number of carbonyl (C=O) groups excluding carboxylic acids is 3. The van der Waals surface area contributed by atoms with Crippen molar-refractivity contribution in [2.75, 3.05) is 17.7 Å². The summed E-state index contributed by atoms with van der Waals surface area (Å²) in [6.07, 6.45) is 1.86. The van der Waals surface area contributed by atoms with Gasteiger partial charge in [0.2, 0.25) is 17.7 Å². The van der Waals surface area contributed by atoms with Crippen LogP contribution in [0.4, 0.5) is 15.8 Å². The fraction of sp³-hybridized carbons (Fsp3) is 0.333. The molecule has 2 aliphatic rings. The van der Waals surface area contributed by atoms with E-state index in [9.17, 15) is 14.4 Å². The van der Waals surface area contributed by atoms with Crippen molar-refractivity contribution in [3.8, 4) is 5.75 Å². The van der Waals surface area contributed by atoms with E-state index >= 15 is 4.39 Å². The van der Waals surface area contributed by atoms with Gasteiger partial charge in [0, 0.05) is 23.7 Å². The molecule has 9 nitrogen and oxygen atoms in total.